The van der Waals surface area contributed by atoms with Crippen molar-refractivity contribution < 1.29 is 18.7 Å². The molecule has 0 unspecified atom stereocenters. The lowest BCUT2D eigenvalue weighted by Crippen LogP contribution is -2.37. The normalized spacial score (nSPS) is 18.3. The molecule has 0 bridgehead atoms. The van der Waals surface area contributed by atoms with Crippen LogP contribution in [-0.2, 0) is 32.2 Å². The molecule has 11 heteroatoms. The number of rotatable bonds is 8. The van der Waals surface area contributed by atoms with Crippen molar-refractivity contribution in [2.24, 2.45) is 10.6 Å². The van der Waals surface area contributed by atoms with Gasteiger partial charge in [0.05, 0.1) is 25.3 Å². The van der Waals surface area contributed by atoms with Crippen molar-refractivity contribution in [3.8, 4) is 0 Å². The maximum atomic E-state index is 12.4. The van der Waals surface area contributed by atoms with Crippen molar-refractivity contribution in [2.75, 3.05) is 26.5 Å². The standard InChI is InChI=1S/C19H30N3O4PS3/c1-6-19(7-2)14-24-27(28,25-15-19)22(13-17-11-9-8-10-12-17)30-21(4)18(23)26-20-16(3)29-5/h8-12H,6-7,13-15H2,1-5H3. The number of nitrogens with zero attached hydrogens (tertiary/aromatic N) is 3. The lowest BCUT2D eigenvalue weighted by atomic mass is 9.84. The molecule has 1 aliphatic rings. The summed E-state index contributed by atoms with van der Waals surface area (Å²) in [5.74, 6) is 0. The van der Waals surface area contributed by atoms with Crippen molar-refractivity contribution in [2.45, 2.75) is 40.2 Å². The Bertz CT molecular complexity index is 764. The molecule has 1 aliphatic heterocycles. The van der Waals surface area contributed by atoms with Gasteiger partial charge in [0.25, 0.3) is 6.64 Å². The van der Waals surface area contributed by atoms with Crippen LogP contribution >= 0.6 is 30.5 Å². The van der Waals surface area contributed by atoms with Gasteiger partial charge >= 0.3 is 6.09 Å². The summed E-state index contributed by atoms with van der Waals surface area (Å²) in [7, 11) is 1.61. The van der Waals surface area contributed by atoms with Crippen molar-refractivity contribution in [1.29, 1.82) is 0 Å². The van der Waals surface area contributed by atoms with Crippen LogP contribution in [0.2, 0.25) is 0 Å². The fourth-order valence-electron chi connectivity index (χ4n) is 2.58. The first-order valence-corrected chi connectivity index (χ1v) is 14.2. The van der Waals surface area contributed by atoms with E-state index in [2.05, 4.69) is 19.0 Å². The Kier molecular flexibility index (Phi) is 10.1. The lowest BCUT2D eigenvalue weighted by molar-refractivity contribution is 0.0186. The van der Waals surface area contributed by atoms with Gasteiger partial charge in [0.2, 0.25) is 0 Å². The summed E-state index contributed by atoms with van der Waals surface area (Å²) >= 11 is 8.41. The third-order valence-electron chi connectivity index (χ3n) is 5.02. The predicted octanol–water partition coefficient (Wildman–Crippen LogP) is 5.89. The smallest absolute Gasteiger partial charge is 0.317 e. The van der Waals surface area contributed by atoms with Gasteiger partial charge in [0.15, 0.2) is 0 Å². The topological polar surface area (TPSA) is 63.6 Å². The molecule has 0 atom stereocenters. The van der Waals surface area contributed by atoms with Crippen molar-refractivity contribution in [1.82, 2.24) is 8.38 Å². The third-order valence-corrected chi connectivity index (χ3v) is 10.4. The average Bonchev–Trinajstić information content (AvgIpc) is 2.78. The summed E-state index contributed by atoms with van der Waals surface area (Å²) in [6, 6.07) is 9.90. The Morgan fingerprint density at radius 1 is 1.27 bits per heavy atom. The number of oxime groups is 1. The van der Waals surface area contributed by atoms with Crippen LogP contribution in [0.25, 0.3) is 0 Å². The molecule has 7 nitrogen and oxygen atoms in total. The molecule has 0 aliphatic carbocycles. The second-order valence-electron chi connectivity index (χ2n) is 6.97. The van der Waals surface area contributed by atoms with Crippen molar-refractivity contribution in [3.63, 3.8) is 0 Å². The highest BCUT2D eigenvalue weighted by Gasteiger charge is 2.42. The lowest BCUT2D eigenvalue weighted by Gasteiger charge is -2.43. The summed E-state index contributed by atoms with van der Waals surface area (Å²) < 4.78 is 15.6. The Morgan fingerprint density at radius 3 is 2.40 bits per heavy atom. The maximum Gasteiger partial charge on any atom is 0.446 e. The summed E-state index contributed by atoms with van der Waals surface area (Å²) in [4.78, 5) is 17.4. The van der Waals surface area contributed by atoms with E-state index in [0.29, 0.717) is 24.8 Å². The molecule has 0 spiro atoms. The molecule has 0 N–H and O–H groups in total. The first kappa shape index (κ1) is 25.6. The zero-order valence-electron chi connectivity index (χ0n) is 18.1. The van der Waals surface area contributed by atoms with Gasteiger partial charge in [-0.25, -0.2) is 9.10 Å². The monoisotopic (exact) mass is 491 g/mol. The number of thioether (sulfide) groups is 1. The molecule has 2 rings (SSSR count). The molecule has 30 heavy (non-hydrogen) atoms. The van der Waals surface area contributed by atoms with Gasteiger partial charge in [0.1, 0.15) is 5.04 Å². The number of carbonyl (C=O) groups is 1. The van der Waals surface area contributed by atoms with Crippen LogP contribution in [0, 0.1) is 5.41 Å². The van der Waals surface area contributed by atoms with Gasteiger partial charge < -0.3 is 9.05 Å². The maximum absolute atomic E-state index is 12.4. The van der Waals surface area contributed by atoms with Gasteiger partial charge in [-0.2, -0.15) is 4.08 Å². The van der Waals surface area contributed by atoms with Crippen LogP contribution in [0.5, 0.6) is 0 Å². The zero-order chi connectivity index (χ0) is 22.2. The largest absolute Gasteiger partial charge is 0.446 e. The highest BCUT2D eigenvalue weighted by atomic mass is 32.5. The average molecular weight is 492 g/mol. The Labute approximate surface area is 193 Å². The quantitative estimate of drug-likeness (QED) is 0.111. The van der Waals surface area contributed by atoms with E-state index in [-0.39, 0.29) is 5.41 Å². The first-order valence-electron chi connectivity index (χ1n) is 9.70. The number of benzene rings is 1. The molecule has 1 aromatic carbocycles. The van der Waals surface area contributed by atoms with E-state index >= 15 is 0 Å². The molecular formula is C19H30N3O4PS3. The molecule has 0 radical (unpaired) electrons. The van der Waals surface area contributed by atoms with E-state index in [1.54, 1.807) is 14.0 Å². The minimum atomic E-state index is -2.79. The number of hydrogen-bond donors (Lipinski definition) is 0. The Balaban J connectivity index is 2.17. The minimum Gasteiger partial charge on any atom is -0.317 e. The van der Waals surface area contributed by atoms with E-state index < -0.39 is 12.7 Å². The zero-order valence-corrected chi connectivity index (χ0v) is 21.4. The number of amides is 1. The highest BCUT2D eigenvalue weighted by Crippen LogP contribution is 2.61. The minimum absolute atomic E-state index is 0.0136. The summed E-state index contributed by atoms with van der Waals surface area (Å²) in [5, 5.41) is 4.46. The first-order chi connectivity index (χ1) is 14.3. The van der Waals surface area contributed by atoms with E-state index in [0.717, 1.165) is 30.5 Å². The summed E-state index contributed by atoms with van der Waals surface area (Å²) in [6.07, 6.45) is 3.19. The molecule has 0 aromatic heterocycles. The fraction of sp³-hybridized carbons (Fsp3) is 0.579. The number of carbonyl (C=O) groups excluding carboxylic acids is 1. The van der Waals surface area contributed by atoms with E-state index in [9.17, 15) is 4.79 Å². The van der Waals surface area contributed by atoms with Crippen LogP contribution in [0.4, 0.5) is 4.79 Å². The van der Waals surface area contributed by atoms with E-state index in [4.69, 9.17) is 25.7 Å². The van der Waals surface area contributed by atoms with Gasteiger partial charge in [-0.15, -0.1) is 11.8 Å². The second kappa shape index (κ2) is 11.9. The summed E-state index contributed by atoms with van der Waals surface area (Å²) in [5.41, 5.74) is 1.03. The Morgan fingerprint density at radius 2 is 1.87 bits per heavy atom. The van der Waals surface area contributed by atoms with Gasteiger partial charge in [-0.3, -0.25) is 4.84 Å². The van der Waals surface area contributed by atoms with Gasteiger partial charge in [-0.1, -0.05) is 49.3 Å². The van der Waals surface area contributed by atoms with Crippen molar-refractivity contribution >= 4 is 53.5 Å². The highest BCUT2D eigenvalue weighted by molar-refractivity contribution is 8.15. The van der Waals surface area contributed by atoms with Crippen LogP contribution in [0.15, 0.2) is 35.5 Å². The second-order valence-corrected chi connectivity index (χ2v) is 12.7. The van der Waals surface area contributed by atoms with Crippen LogP contribution in [0.3, 0.4) is 0 Å². The van der Waals surface area contributed by atoms with Crippen molar-refractivity contribution in [3.05, 3.63) is 35.9 Å². The van der Waals surface area contributed by atoms with Crippen LogP contribution < -0.4 is 0 Å². The molecule has 0 saturated carbocycles. The molecule has 1 saturated heterocycles. The summed E-state index contributed by atoms with van der Waals surface area (Å²) in [6.45, 7) is 4.83. The Hall–Kier alpha value is -0.610. The van der Waals surface area contributed by atoms with E-state index in [1.165, 1.54) is 16.1 Å². The molecule has 1 heterocycles. The SMILES string of the molecule is CCC1(CC)COP(=S)(N(Cc2ccccc2)SN(C)C(=O)ON=C(C)SC)OC1. The fourth-order valence-corrected chi connectivity index (χ4v) is 6.55. The third kappa shape index (κ3) is 6.95. The molecule has 168 valence electrons. The van der Waals surface area contributed by atoms with Gasteiger partial charge in [0, 0.05) is 19.0 Å². The number of hydrogen-bond acceptors (Lipinski definition) is 8. The van der Waals surface area contributed by atoms with Crippen LogP contribution in [-0.4, -0.2) is 46.0 Å². The molecule has 1 aromatic rings. The molecular weight excluding hydrogens is 461 g/mol. The molecule has 1 amide bonds. The molecule has 1 fully saturated rings. The van der Waals surface area contributed by atoms with E-state index in [1.807, 2.05) is 40.7 Å². The predicted molar refractivity (Wildman–Crippen MR) is 130 cm³/mol. The van der Waals surface area contributed by atoms with Crippen LogP contribution in [0.1, 0.15) is 39.2 Å². The van der Waals surface area contributed by atoms with Gasteiger partial charge in [-0.05, 0) is 43.4 Å².